The van der Waals surface area contributed by atoms with E-state index >= 15 is 0 Å². The van der Waals surface area contributed by atoms with Crippen molar-refractivity contribution in [3.05, 3.63) is 23.8 Å². The van der Waals surface area contributed by atoms with Gasteiger partial charge >= 0.3 is 0 Å². The summed E-state index contributed by atoms with van der Waals surface area (Å²) in [5.74, 6) is 2.78. The molecule has 0 spiro atoms. The van der Waals surface area contributed by atoms with Crippen molar-refractivity contribution in [2.45, 2.75) is 56.3 Å². The molecule has 8 nitrogen and oxygen atoms in total. The maximum absolute atomic E-state index is 12.6. The number of rotatable bonds is 7. The predicted molar refractivity (Wildman–Crippen MR) is 119 cm³/mol. The van der Waals surface area contributed by atoms with Crippen LogP contribution in [0.25, 0.3) is 0 Å². The van der Waals surface area contributed by atoms with E-state index in [2.05, 4.69) is 25.0 Å². The lowest BCUT2D eigenvalue weighted by Gasteiger charge is -2.27. The van der Waals surface area contributed by atoms with Crippen molar-refractivity contribution in [2.24, 2.45) is 0 Å². The predicted octanol–water partition coefficient (Wildman–Crippen LogP) is 3.34. The highest BCUT2D eigenvalue weighted by molar-refractivity contribution is 7.99. The maximum Gasteiger partial charge on any atom is 0.230 e. The highest BCUT2D eigenvalue weighted by Crippen LogP contribution is 2.41. The minimum Gasteiger partial charge on any atom is -0.486 e. The summed E-state index contributed by atoms with van der Waals surface area (Å²) in [6.45, 7) is 5.19. The number of nitrogens with one attached hydrogen (secondary N) is 1. The van der Waals surface area contributed by atoms with Gasteiger partial charge in [-0.1, -0.05) is 17.8 Å². The van der Waals surface area contributed by atoms with E-state index in [1.54, 1.807) is 0 Å². The first-order valence-corrected chi connectivity index (χ1v) is 12.2. The molecule has 166 valence electrons. The van der Waals surface area contributed by atoms with E-state index in [4.69, 9.17) is 9.47 Å². The number of fused-ring (bicyclic) bond motifs is 1. The number of benzene rings is 1. The topological polar surface area (TPSA) is 81.5 Å². The largest absolute Gasteiger partial charge is 0.486 e. The zero-order chi connectivity index (χ0) is 21.2. The average Bonchev–Trinajstić information content (AvgIpc) is 3.56. The van der Waals surface area contributed by atoms with E-state index < -0.39 is 0 Å². The second-order valence-electron chi connectivity index (χ2n) is 8.41. The zero-order valence-electron chi connectivity index (χ0n) is 17.9. The SMILES string of the molecule is C[C@@H](NC(=O)CSc1nnc(N2CCCCC2)n1C1CC1)c1ccc2c(c1)OCCO2. The molecule has 1 aliphatic carbocycles. The van der Waals surface area contributed by atoms with Gasteiger partial charge < -0.3 is 19.7 Å². The van der Waals surface area contributed by atoms with Crippen molar-refractivity contribution in [1.29, 1.82) is 0 Å². The van der Waals surface area contributed by atoms with Crippen LogP contribution >= 0.6 is 11.8 Å². The van der Waals surface area contributed by atoms with Crippen LogP contribution in [0, 0.1) is 0 Å². The molecule has 5 rings (SSSR count). The first-order chi connectivity index (χ1) is 15.2. The summed E-state index contributed by atoms with van der Waals surface area (Å²) in [5.41, 5.74) is 0.996. The van der Waals surface area contributed by atoms with Crippen LogP contribution in [0.4, 0.5) is 5.95 Å². The number of carbonyl (C=O) groups excluding carboxylic acids is 1. The third-order valence-corrected chi connectivity index (χ3v) is 6.92. The molecule has 1 saturated carbocycles. The molecule has 1 atom stereocenters. The zero-order valence-corrected chi connectivity index (χ0v) is 18.7. The standard InChI is InChI=1S/C22H29N5O3S/c1-15(16-5-8-18-19(13-16)30-12-11-29-18)23-20(28)14-31-22-25-24-21(27(22)17-6-7-17)26-9-3-2-4-10-26/h5,8,13,15,17H,2-4,6-7,9-12,14H2,1H3,(H,23,28)/t15-/m1/s1. The van der Waals surface area contributed by atoms with Crippen molar-refractivity contribution in [2.75, 3.05) is 37.0 Å². The molecule has 1 amide bonds. The number of anilines is 1. The van der Waals surface area contributed by atoms with Gasteiger partial charge in [0.2, 0.25) is 11.9 Å². The molecular formula is C22H29N5O3S. The number of carbonyl (C=O) groups is 1. The lowest BCUT2D eigenvalue weighted by Crippen LogP contribution is -2.32. The van der Waals surface area contributed by atoms with Crippen molar-refractivity contribution in [3.8, 4) is 11.5 Å². The molecule has 0 bridgehead atoms. The van der Waals surface area contributed by atoms with Crippen LogP contribution in [0.15, 0.2) is 23.4 Å². The second kappa shape index (κ2) is 8.98. The number of ether oxygens (including phenoxy) is 2. The third kappa shape index (κ3) is 4.61. The Kier molecular flexibility index (Phi) is 5.93. The normalized spacial score (nSPS) is 19.2. The van der Waals surface area contributed by atoms with Crippen LogP contribution in [0.1, 0.15) is 56.7 Å². The number of amides is 1. The second-order valence-corrected chi connectivity index (χ2v) is 9.35. The Balaban J connectivity index is 1.20. The van der Waals surface area contributed by atoms with Crippen LogP contribution in [0.2, 0.25) is 0 Å². The monoisotopic (exact) mass is 443 g/mol. The van der Waals surface area contributed by atoms with E-state index in [0.29, 0.717) is 25.0 Å². The minimum absolute atomic E-state index is 0.0164. The van der Waals surface area contributed by atoms with Gasteiger partial charge in [-0.25, -0.2) is 0 Å². The Bertz CT molecular complexity index is 939. The van der Waals surface area contributed by atoms with Crippen LogP contribution in [-0.4, -0.2) is 52.7 Å². The highest BCUT2D eigenvalue weighted by Gasteiger charge is 2.32. The average molecular weight is 444 g/mol. The van der Waals surface area contributed by atoms with Gasteiger partial charge in [0, 0.05) is 19.1 Å². The Morgan fingerprint density at radius 2 is 1.94 bits per heavy atom. The number of piperidine rings is 1. The fourth-order valence-electron chi connectivity index (χ4n) is 4.16. The number of nitrogens with zero attached hydrogens (tertiary/aromatic N) is 4. The van der Waals surface area contributed by atoms with Crippen molar-refractivity contribution in [3.63, 3.8) is 0 Å². The summed E-state index contributed by atoms with van der Waals surface area (Å²) in [7, 11) is 0. The minimum atomic E-state index is -0.117. The summed E-state index contributed by atoms with van der Waals surface area (Å²) < 4.78 is 13.5. The van der Waals surface area contributed by atoms with Gasteiger partial charge in [-0.3, -0.25) is 9.36 Å². The Morgan fingerprint density at radius 3 is 2.71 bits per heavy atom. The van der Waals surface area contributed by atoms with Crippen molar-refractivity contribution >= 4 is 23.6 Å². The lowest BCUT2D eigenvalue weighted by atomic mass is 10.1. The van der Waals surface area contributed by atoms with Crippen LogP contribution in [0.3, 0.4) is 0 Å². The maximum atomic E-state index is 12.6. The van der Waals surface area contributed by atoms with E-state index in [-0.39, 0.29) is 11.9 Å². The summed E-state index contributed by atoms with van der Waals surface area (Å²) in [6, 6.07) is 6.19. The lowest BCUT2D eigenvalue weighted by molar-refractivity contribution is -0.119. The third-order valence-electron chi connectivity index (χ3n) is 5.97. The molecule has 1 saturated heterocycles. The van der Waals surface area contributed by atoms with E-state index in [1.165, 1.54) is 43.9 Å². The number of thioether (sulfide) groups is 1. The molecule has 1 aromatic carbocycles. The molecule has 9 heteroatoms. The van der Waals surface area contributed by atoms with Crippen molar-refractivity contribution in [1.82, 2.24) is 20.1 Å². The van der Waals surface area contributed by atoms with Gasteiger partial charge in [0.15, 0.2) is 16.7 Å². The fraction of sp³-hybridized carbons (Fsp3) is 0.591. The van der Waals surface area contributed by atoms with E-state index in [1.807, 2.05) is 25.1 Å². The molecule has 0 unspecified atom stereocenters. The molecule has 3 aliphatic rings. The van der Waals surface area contributed by atoms with Gasteiger partial charge in [-0.05, 0) is 56.7 Å². The van der Waals surface area contributed by atoms with Crippen molar-refractivity contribution < 1.29 is 14.3 Å². The molecule has 1 N–H and O–H groups in total. The number of hydrogen-bond donors (Lipinski definition) is 1. The molecule has 2 aromatic rings. The summed E-state index contributed by atoms with van der Waals surface area (Å²) in [4.78, 5) is 15.0. The van der Waals surface area contributed by atoms with Crippen LogP contribution in [0.5, 0.6) is 11.5 Å². The number of aromatic nitrogens is 3. The quantitative estimate of drug-likeness (QED) is 0.657. The molecule has 2 fully saturated rings. The fourth-order valence-corrected chi connectivity index (χ4v) is 4.97. The Morgan fingerprint density at radius 1 is 1.16 bits per heavy atom. The molecule has 3 heterocycles. The Labute approximate surface area is 186 Å². The van der Waals surface area contributed by atoms with Gasteiger partial charge in [0.1, 0.15) is 13.2 Å². The van der Waals surface area contributed by atoms with Crippen LogP contribution in [-0.2, 0) is 4.79 Å². The molecular weight excluding hydrogens is 414 g/mol. The molecule has 2 aliphatic heterocycles. The Hall–Kier alpha value is -2.42. The van der Waals surface area contributed by atoms with Gasteiger partial charge in [0.25, 0.3) is 0 Å². The van der Waals surface area contributed by atoms with E-state index in [0.717, 1.165) is 41.3 Å². The first kappa shape index (κ1) is 20.5. The first-order valence-electron chi connectivity index (χ1n) is 11.2. The van der Waals surface area contributed by atoms with Gasteiger partial charge in [0.05, 0.1) is 11.8 Å². The summed E-state index contributed by atoms with van der Waals surface area (Å²) >= 11 is 1.47. The smallest absolute Gasteiger partial charge is 0.230 e. The molecule has 31 heavy (non-hydrogen) atoms. The van der Waals surface area contributed by atoms with E-state index in [9.17, 15) is 4.79 Å². The number of hydrogen-bond acceptors (Lipinski definition) is 7. The molecule has 0 radical (unpaired) electrons. The summed E-state index contributed by atoms with van der Waals surface area (Å²) in [5, 5.41) is 12.9. The molecule has 1 aromatic heterocycles. The van der Waals surface area contributed by atoms with Gasteiger partial charge in [-0.2, -0.15) is 0 Å². The highest BCUT2D eigenvalue weighted by atomic mass is 32.2. The summed E-state index contributed by atoms with van der Waals surface area (Å²) in [6.07, 6.45) is 6.04. The van der Waals surface area contributed by atoms with Gasteiger partial charge in [-0.15, -0.1) is 10.2 Å². The van der Waals surface area contributed by atoms with Crippen LogP contribution < -0.4 is 19.7 Å².